The van der Waals surface area contributed by atoms with Gasteiger partial charge < -0.3 is 10.2 Å². The number of halogens is 1. The van der Waals surface area contributed by atoms with Crippen LogP contribution in [0.5, 0.6) is 0 Å². The zero-order valence-corrected chi connectivity index (χ0v) is 15.6. The van der Waals surface area contributed by atoms with Crippen LogP contribution in [0.3, 0.4) is 0 Å². The fraction of sp³-hybridized carbons (Fsp3) is 0.250. The van der Waals surface area contributed by atoms with Crippen molar-refractivity contribution in [3.05, 3.63) is 69.9 Å². The number of hydrogen-bond donors (Lipinski definition) is 1. The van der Waals surface area contributed by atoms with E-state index in [-0.39, 0.29) is 0 Å². The van der Waals surface area contributed by atoms with E-state index in [1.165, 1.54) is 11.1 Å². The summed E-state index contributed by atoms with van der Waals surface area (Å²) >= 11 is 6.39. The average molecular weight is 366 g/mol. The van der Waals surface area contributed by atoms with Gasteiger partial charge in [0.05, 0.1) is 16.9 Å². The van der Waals surface area contributed by atoms with Gasteiger partial charge in [0.25, 0.3) is 0 Å². The van der Waals surface area contributed by atoms with Crippen molar-refractivity contribution in [2.75, 3.05) is 16.8 Å². The van der Waals surface area contributed by atoms with Gasteiger partial charge in [-0.25, -0.2) is 0 Å². The van der Waals surface area contributed by atoms with Gasteiger partial charge in [0.15, 0.2) is 5.82 Å². The summed E-state index contributed by atoms with van der Waals surface area (Å²) in [5.74, 6) is 1.27. The van der Waals surface area contributed by atoms with Crippen LogP contribution in [0.25, 0.3) is 0 Å². The predicted octanol–water partition coefficient (Wildman–Crippen LogP) is 4.45. The third-order valence-electron chi connectivity index (χ3n) is 4.65. The molecule has 0 atom stereocenters. The third kappa shape index (κ3) is 3.35. The Morgan fingerprint density at radius 3 is 2.73 bits per heavy atom. The molecule has 5 nitrogen and oxygen atoms in total. The fourth-order valence-electron chi connectivity index (χ4n) is 3.36. The molecule has 0 spiro atoms. The number of rotatable bonds is 3. The highest BCUT2D eigenvalue weighted by Gasteiger charge is 2.19. The molecule has 26 heavy (non-hydrogen) atoms. The Kier molecular flexibility index (Phi) is 4.47. The van der Waals surface area contributed by atoms with E-state index < -0.39 is 0 Å². The number of fused-ring (bicyclic) bond motifs is 1. The molecule has 0 bridgehead atoms. The lowest BCUT2D eigenvalue weighted by molar-refractivity contribution is 0.698. The van der Waals surface area contributed by atoms with Crippen LogP contribution in [0.4, 0.5) is 17.5 Å². The predicted molar refractivity (Wildman–Crippen MR) is 105 cm³/mol. The number of benzene rings is 2. The molecule has 1 aromatic heterocycles. The van der Waals surface area contributed by atoms with Gasteiger partial charge in [-0.3, -0.25) is 0 Å². The maximum atomic E-state index is 6.39. The minimum atomic E-state index is 0.630. The molecule has 0 fully saturated rings. The Bertz CT molecular complexity index is 933. The van der Waals surface area contributed by atoms with Crippen LogP contribution in [0.1, 0.15) is 22.3 Å². The van der Waals surface area contributed by atoms with Crippen LogP contribution < -0.4 is 10.2 Å². The number of hydrogen-bond acceptors (Lipinski definition) is 5. The Morgan fingerprint density at radius 1 is 1.12 bits per heavy atom. The summed E-state index contributed by atoms with van der Waals surface area (Å²) in [6.45, 7) is 5.73. The summed E-state index contributed by atoms with van der Waals surface area (Å²) in [6.07, 6.45) is 2.61. The van der Waals surface area contributed by atoms with Gasteiger partial charge in [0.2, 0.25) is 5.95 Å². The Balaban J connectivity index is 1.58. The van der Waals surface area contributed by atoms with Crippen LogP contribution in [0.15, 0.2) is 42.6 Å². The van der Waals surface area contributed by atoms with E-state index in [0.29, 0.717) is 16.8 Å². The Morgan fingerprint density at radius 2 is 1.92 bits per heavy atom. The molecule has 6 heteroatoms. The molecule has 0 radical (unpaired) electrons. The largest absolute Gasteiger partial charge is 0.337 e. The lowest BCUT2D eigenvalue weighted by Gasteiger charge is -2.28. The Hall–Kier alpha value is -2.66. The topological polar surface area (TPSA) is 53.9 Å². The molecule has 0 unspecified atom stereocenters. The minimum Gasteiger partial charge on any atom is -0.337 e. The summed E-state index contributed by atoms with van der Waals surface area (Å²) < 4.78 is 0. The summed E-state index contributed by atoms with van der Waals surface area (Å²) in [6, 6.07) is 12.5. The highest BCUT2D eigenvalue weighted by atomic mass is 35.5. The van der Waals surface area contributed by atoms with Crippen molar-refractivity contribution < 1.29 is 0 Å². The maximum absolute atomic E-state index is 6.39. The highest BCUT2D eigenvalue weighted by Crippen LogP contribution is 2.30. The number of aryl methyl sites for hydroxylation is 2. The highest BCUT2D eigenvalue weighted by molar-refractivity contribution is 6.33. The zero-order valence-electron chi connectivity index (χ0n) is 14.8. The van der Waals surface area contributed by atoms with Crippen molar-refractivity contribution in [3.8, 4) is 0 Å². The van der Waals surface area contributed by atoms with Gasteiger partial charge in [0.1, 0.15) is 0 Å². The van der Waals surface area contributed by atoms with Gasteiger partial charge >= 0.3 is 0 Å². The molecular formula is C20H20ClN5. The molecular weight excluding hydrogens is 346 g/mol. The third-order valence-corrected chi connectivity index (χ3v) is 4.94. The summed E-state index contributed by atoms with van der Waals surface area (Å²) in [5, 5.41) is 12.3. The van der Waals surface area contributed by atoms with Gasteiger partial charge in [-0.15, -0.1) is 5.10 Å². The van der Waals surface area contributed by atoms with Crippen molar-refractivity contribution in [3.63, 3.8) is 0 Å². The van der Waals surface area contributed by atoms with Gasteiger partial charge in [-0.2, -0.15) is 10.1 Å². The van der Waals surface area contributed by atoms with Crippen molar-refractivity contribution >= 4 is 29.1 Å². The van der Waals surface area contributed by atoms with Crippen molar-refractivity contribution in [2.45, 2.75) is 26.8 Å². The molecule has 132 valence electrons. The fourth-order valence-corrected chi connectivity index (χ4v) is 3.73. The normalized spacial score (nSPS) is 13.4. The molecule has 2 aromatic carbocycles. The lowest BCUT2D eigenvalue weighted by atomic mass is 10.0. The van der Waals surface area contributed by atoms with E-state index in [4.69, 9.17) is 11.6 Å². The van der Waals surface area contributed by atoms with E-state index >= 15 is 0 Å². The molecule has 0 amide bonds. The van der Waals surface area contributed by atoms with Crippen molar-refractivity contribution in [1.82, 2.24) is 15.2 Å². The Labute approximate surface area is 158 Å². The molecule has 1 aliphatic rings. The van der Waals surface area contributed by atoms with Crippen molar-refractivity contribution in [1.29, 1.82) is 0 Å². The SMILES string of the molecule is Cc1cc(C)c(Nc2cnnc(N3CCc4ccccc4C3)n2)c(Cl)c1. The smallest absolute Gasteiger partial charge is 0.247 e. The number of nitrogens with one attached hydrogen (secondary N) is 1. The standard InChI is InChI=1S/C20H20ClN5/c1-13-9-14(2)19(17(21)10-13)23-18-11-22-25-20(24-18)26-8-7-15-5-3-4-6-16(15)12-26/h3-6,9-11H,7-8,12H2,1-2H3,(H,23,24,25). The summed E-state index contributed by atoms with van der Waals surface area (Å²) in [5.41, 5.74) is 5.77. The van der Waals surface area contributed by atoms with Crippen LogP contribution in [0, 0.1) is 13.8 Å². The van der Waals surface area contributed by atoms with Gasteiger partial charge in [0, 0.05) is 13.1 Å². The average Bonchev–Trinajstić information content (AvgIpc) is 2.64. The lowest BCUT2D eigenvalue weighted by Crippen LogP contribution is -2.32. The second kappa shape index (κ2) is 6.92. The van der Waals surface area contributed by atoms with E-state index in [1.54, 1.807) is 6.20 Å². The molecule has 1 aliphatic heterocycles. The van der Waals surface area contributed by atoms with E-state index in [0.717, 1.165) is 36.3 Å². The summed E-state index contributed by atoms with van der Waals surface area (Å²) in [4.78, 5) is 6.81. The van der Waals surface area contributed by atoms with Crippen LogP contribution in [-0.2, 0) is 13.0 Å². The van der Waals surface area contributed by atoms with E-state index in [9.17, 15) is 0 Å². The second-order valence-corrected chi connectivity index (χ2v) is 7.05. The second-order valence-electron chi connectivity index (χ2n) is 6.65. The van der Waals surface area contributed by atoms with Crippen LogP contribution in [0.2, 0.25) is 5.02 Å². The molecule has 0 saturated carbocycles. The van der Waals surface area contributed by atoms with E-state index in [2.05, 4.69) is 55.7 Å². The van der Waals surface area contributed by atoms with Crippen LogP contribution in [-0.4, -0.2) is 21.7 Å². The molecule has 0 saturated heterocycles. The first kappa shape index (κ1) is 16.8. The minimum absolute atomic E-state index is 0.630. The monoisotopic (exact) mass is 365 g/mol. The molecule has 1 N–H and O–H groups in total. The van der Waals surface area contributed by atoms with Crippen LogP contribution >= 0.6 is 11.6 Å². The molecule has 4 rings (SSSR count). The first-order chi connectivity index (χ1) is 12.6. The quantitative estimate of drug-likeness (QED) is 0.743. The molecule has 3 aromatic rings. The summed E-state index contributed by atoms with van der Waals surface area (Å²) in [7, 11) is 0. The van der Waals surface area contributed by atoms with Gasteiger partial charge in [-0.05, 0) is 48.6 Å². The molecule has 2 heterocycles. The molecule has 0 aliphatic carbocycles. The number of nitrogens with zero attached hydrogens (tertiary/aromatic N) is 4. The van der Waals surface area contributed by atoms with Crippen molar-refractivity contribution in [2.24, 2.45) is 0 Å². The number of anilines is 3. The number of aromatic nitrogens is 3. The first-order valence-electron chi connectivity index (χ1n) is 8.65. The first-order valence-corrected chi connectivity index (χ1v) is 9.03. The van der Waals surface area contributed by atoms with Gasteiger partial charge in [-0.1, -0.05) is 41.9 Å². The zero-order chi connectivity index (χ0) is 18.1. The van der Waals surface area contributed by atoms with E-state index in [1.807, 2.05) is 19.9 Å². The maximum Gasteiger partial charge on any atom is 0.247 e.